The lowest BCUT2D eigenvalue weighted by molar-refractivity contribution is 0.0514. The van der Waals surface area contributed by atoms with Crippen molar-refractivity contribution in [2.24, 2.45) is 0 Å². The van der Waals surface area contributed by atoms with Crippen molar-refractivity contribution >= 4 is 29.8 Å². The number of amides is 1. The number of methoxy groups -OCH3 is 2. The molecule has 11 heteroatoms. The van der Waals surface area contributed by atoms with Crippen LogP contribution in [0.25, 0.3) is 0 Å². The van der Waals surface area contributed by atoms with Crippen LogP contribution in [0.5, 0.6) is 5.75 Å². The molecule has 1 aliphatic heterocycles. The number of ether oxygens (including phenoxy) is 4. The Hall–Kier alpha value is -5.03. The maximum Gasteiger partial charge on any atom is 0.407 e. The minimum Gasteiger partial charge on any atom is -0.482 e. The van der Waals surface area contributed by atoms with Crippen molar-refractivity contribution in [2.75, 3.05) is 20.8 Å². The van der Waals surface area contributed by atoms with E-state index in [0.29, 0.717) is 5.75 Å². The van der Waals surface area contributed by atoms with Gasteiger partial charge in [0.05, 0.1) is 20.3 Å². The van der Waals surface area contributed by atoms with Gasteiger partial charge in [-0.25, -0.2) is 14.4 Å². The number of carbonyl (C=O) groups excluding carboxylic acids is 3. The number of hydrogen-bond acceptors (Lipinski definition) is 9. The largest absolute Gasteiger partial charge is 0.482 e. The molecule has 10 nitrogen and oxygen atoms in total. The van der Waals surface area contributed by atoms with Gasteiger partial charge >= 0.3 is 18.0 Å². The van der Waals surface area contributed by atoms with Gasteiger partial charge in [0, 0.05) is 29.3 Å². The maximum atomic E-state index is 13.9. The first-order chi connectivity index (χ1) is 23.0. The summed E-state index contributed by atoms with van der Waals surface area (Å²) in [5, 5.41) is 2.88. The van der Waals surface area contributed by atoms with Crippen molar-refractivity contribution in [3.63, 3.8) is 0 Å². The number of carbonyl (C=O) groups is 3. The van der Waals surface area contributed by atoms with Gasteiger partial charge in [-0.05, 0) is 49.1 Å². The van der Waals surface area contributed by atoms with Crippen molar-refractivity contribution in [2.45, 2.75) is 55.6 Å². The summed E-state index contributed by atoms with van der Waals surface area (Å²) in [7, 11) is 2.37. The average molecular weight is 671 g/mol. The van der Waals surface area contributed by atoms with Gasteiger partial charge in [-0.1, -0.05) is 72.8 Å². The number of alkyl carbamates (subject to hydrolysis) is 1. The highest BCUT2D eigenvalue weighted by molar-refractivity contribution is 7.98. The zero-order valence-corrected chi connectivity index (χ0v) is 28.3. The summed E-state index contributed by atoms with van der Waals surface area (Å²) in [4.78, 5) is 54.9. The van der Waals surface area contributed by atoms with E-state index in [1.54, 1.807) is 32.5 Å². The summed E-state index contributed by atoms with van der Waals surface area (Å²) in [6.07, 6.45) is 0.618. The van der Waals surface area contributed by atoms with Crippen LogP contribution in [0.4, 0.5) is 4.79 Å². The number of thioether (sulfide) groups is 1. The molecule has 250 valence electrons. The van der Waals surface area contributed by atoms with E-state index in [0.717, 1.165) is 27.1 Å². The first kappa shape index (κ1) is 34.3. The van der Waals surface area contributed by atoms with Crippen molar-refractivity contribution < 1.29 is 33.3 Å². The topological polar surface area (TPSA) is 122 Å². The lowest BCUT2D eigenvalue weighted by Crippen LogP contribution is -2.40. The summed E-state index contributed by atoms with van der Waals surface area (Å²) in [5.74, 6) is -1.95. The van der Waals surface area contributed by atoms with E-state index in [2.05, 4.69) is 5.32 Å². The number of benzene rings is 3. The number of esters is 2. The maximum absolute atomic E-state index is 13.9. The zero-order chi connectivity index (χ0) is 34.4. The Morgan fingerprint density at radius 1 is 0.896 bits per heavy atom. The quantitative estimate of drug-likeness (QED) is 0.157. The monoisotopic (exact) mass is 670 g/mol. The Morgan fingerprint density at radius 3 is 2.23 bits per heavy atom. The summed E-state index contributed by atoms with van der Waals surface area (Å²) in [6, 6.07) is 24.2. The minimum atomic E-state index is -0.911. The van der Waals surface area contributed by atoms with Gasteiger partial charge in [-0.2, -0.15) is 0 Å². The van der Waals surface area contributed by atoms with Crippen molar-refractivity contribution in [3.8, 4) is 5.75 Å². The third kappa shape index (κ3) is 7.57. The lowest BCUT2D eigenvalue weighted by Gasteiger charge is -2.33. The SMILES string of the molecule is COC(=O)c1cn([C@H](CNC(=O)OC(C)(C)C)C2c3ccccc3CSc3ccccc32)c(C(=O)OC)c(OCc2ccccc2)c1=O. The van der Waals surface area contributed by atoms with Crippen LogP contribution in [0.15, 0.2) is 94.7 Å². The second-order valence-corrected chi connectivity index (χ2v) is 13.2. The van der Waals surface area contributed by atoms with E-state index in [1.165, 1.54) is 25.0 Å². The van der Waals surface area contributed by atoms with E-state index in [1.807, 2.05) is 78.9 Å². The van der Waals surface area contributed by atoms with Crippen LogP contribution >= 0.6 is 11.8 Å². The Bertz CT molecular complexity index is 1820. The van der Waals surface area contributed by atoms with Crippen LogP contribution in [0.2, 0.25) is 0 Å². The standard InChI is InChI=1S/C37H38N2O8S/c1-37(2,3)47-36(43)38-19-28(30-25-16-10-9-15-24(25)22-48-29-18-12-11-17-26(29)30)39-20-27(34(41)44-4)32(40)33(31(39)35(42)45-5)46-21-23-13-7-6-8-14-23/h6-18,20,28,30H,19,21-22H2,1-5H3,(H,38,43)/t28-,30?/m1/s1. The molecule has 0 saturated heterocycles. The molecule has 0 radical (unpaired) electrons. The average Bonchev–Trinajstić information content (AvgIpc) is 3.24. The molecule has 0 spiro atoms. The van der Waals surface area contributed by atoms with Gasteiger partial charge in [0.15, 0.2) is 11.4 Å². The third-order valence-corrected chi connectivity index (χ3v) is 8.96. The zero-order valence-electron chi connectivity index (χ0n) is 27.5. The molecule has 1 aliphatic rings. The van der Waals surface area contributed by atoms with Crippen LogP contribution < -0.4 is 15.5 Å². The molecule has 0 bridgehead atoms. The molecule has 1 unspecified atom stereocenters. The van der Waals surface area contributed by atoms with Gasteiger partial charge in [-0.3, -0.25) is 4.79 Å². The number of aromatic nitrogens is 1. The normalized spacial score (nSPS) is 14.4. The van der Waals surface area contributed by atoms with Gasteiger partial charge in [-0.15, -0.1) is 11.8 Å². The van der Waals surface area contributed by atoms with Crippen LogP contribution in [-0.2, 0) is 26.6 Å². The van der Waals surface area contributed by atoms with E-state index >= 15 is 0 Å². The van der Waals surface area contributed by atoms with Crippen LogP contribution in [-0.4, -0.2) is 49.0 Å². The van der Waals surface area contributed by atoms with Crippen molar-refractivity contribution in [1.82, 2.24) is 9.88 Å². The fraction of sp³-hybridized carbons (Fsp3) is 0.297. The second-order valence-electron chi connectivity index (χ2n) is 12.2. The molecule has 0 saturated carbocycles. The molecular weight excluding hydrogens is 632 g/mol. The van der Waals surface area contributed by atoms with E-state index < -0.39 is 41.0 Å². The molecule has 2 heterocycles. The van der Waals surface area contributed by atoms with Gasteiger partial charge in [0.1, 0.15) is 17.8 Å². The molecular formula is C37H38N2O8S. The number of pyridine rings is 1. The molecule has 0 fully saturated rings. The van der Waals surface area contributed by atoms with Crippen LogP contribution in [0, 0.1) is 0 Å². The van der Waals surface area contributed by atoms with E-state index in [-0.39, 0.29) is 30.2 Å². The van der Waals surface area contributed by atoms with Crippen LogP contribution in [0.1, 0.15) is 75.8 Å². The number of rotatable bonds is 9. The summed E-state index contributed by atoms with van der Waals surface area (Å²) >= 11 is 1.68. The smallest absolute Gasteiger partial charge is 0.407 e. The predicted octanol–water partition coefficient (Wildman–Crippen LogP) is 6.50. The van der Waals surface area contributed by atoms with E-state index in [4.69, 9.17) is 18.9 Å². The number of nitrogens with one attached hydrogen (secondary N) is 1. The second kappa shape index (κ2) is 14.8. The molecule has 2 atom stereocenters. The molecule has 3 aromatic carbocycles. The number of nitrogens with zero attached hydrogens (tertiary/aromatic N) is 1. The third-order valence-electron chi connectivity index (χ3n) is 7.83. The van der Waals surface area contributed by atoms with E-state index in [9.17, 15) is 19.2 Å². The fourth-order valence-corrected chi connectivity index (χ4v) is 6.85. The fourth-order valence-electron chi connectivity index (χ4n) is 5.74. The van der Waals surface area contributed by atoms with Crippen molar-refractivity contribution in [3.05, 3.63) is 129 Å². The molecule has 4 aromatic rings. The first-order valence-electron chi connectivity index (χ1n) is 15.4. The number of fused-ring (bicyclic) bond motifs is 2. The van der Waals surface area contributed by atoms with Gasteiger partial charge < -0.3 is 28.8 Å². The lowest BCUT2D eigenvalue weighted by atomic mass is 9.82. The van der Waals surface area contributed by atoms with Crippen molar-refractivity contribution in [1.29, 1.82) is 0 Å². The van der Waals surface area contributed by atoms with Gasteiger partial charge in [0.2, 0.25) is 5.43 Å². The molecule has 1 amide bonds. The molecule has 5 rings (SSSR count). The highest BCUT2D eigenvalue weighted by Gasteiger charge is 2.37. The number of hydrogen-bond donors (Lipinski definition) is 1. The molecule has 1 aromatic heterocycles. The highest BCUT2D eigenvalue weighted by atomic mass is 32.2. The predicted molar refractivity (Wildman–Crippen MR) is 182 cm³/mol. The Labute approximate surface area is 283 Å². The first-order valence-corrected chi connectivity index (χ1v) is 16.4. The Balaban J connectivity index is 1.79. The minimum absolute atomic E-state index is 0.0709. The summed E-state index contributed by atoms with van der Waals surface area (Å²) in [5.41, 5.74) is 1.51. The highest BCUT2D eigenvalue weighted by Crippen LogP contribution is 2.46. The Morgan fingerprint density at radius 2 is 1.54 bits per heavy atom. The molecule has 0 aliphatic carbocycles. The van der Waals surface area contributed by atoms with Crippen LogP contribution in [0.3, 0.4) is 0 Å². The molecule has 48 heavy (non-hydrogen) atoms. The summed E-state index contributed by atoms with van der Waals surface area (Å²) in [6.45, 7) is 5.13. The van der Waals surface area contributed by atoms with Gasteiger partial charge in [0.25, 0.3) is 0 Å². The molecule has 1 N–H and O–H groups in total. The summed E-state index contributed by atoms with van der Waals surface area (Å²) < 4.78 is 23.4. The Kier molecular flexibility index (Phi) is 10.6.